The molecule has 0 aromatic heterocycles. The van der Waals surface area contributed by atoms with Crippen LogP contribution in [0.25, 0.3) is 0 Å². The molecule has 5 nitrogen and oxygen atoms in total. The number of carbonyl (C=O) groups excluding carboxylic acids is 2. The fourth-order valence-electron chi connectivity index (χ4n) is 3.17. The third-order valence-corrected chi connectivity index (χ3v) is 5.73. The van der Waals surface area contributed by atoms with Crippen LogP contribution >= 0.6 is 15.9 Å². The molecule has 0 aliphatic rings. The quantitative estimate of drug-likeness (QED) is 0.517. The zero-order valence-electron chi connectivity index (χ0n) is 20.5. The van der Waals surface area contributed by atoms with Gasteiger partial charge in [0.2, 0.25) is 5.91 Å². The van der Waals surface area contributed by atoms with Gasteiger partial charge in [0.15, 0.2) is 6.61 Å². The van der Waals surface area contributed by atoms with Crippen molar-refractivity contribution in [2.24, 2.45) is 0 Å². The summed E-state index contributed by atoms with van der Waals surface area (Å²) in [6, 6.07) is 11.2. The van der Waals surface area contributed by atoms with E-state index >= 15 is 0 Å². The zero-order valence-corrected chi connectivity index (χ0v) is 22.0. The molecule has 2 amide bonds. The Bertz CT molecular complexity index is 996. The second-order valence-corrected chi connectivity index (χ2v) is 11.1. The number of nitrogens with zero attached hydrogens (tertiary/aromatic N) is 1. The normalized spacial score (nSPS) is 12.8. The number of rotatable bonds is 7. The average molecular weight is 521 g/mol. The van der Waals surface area contributed by atoms with Gasteiger partial charge in [0.05, 0.1) is 4.47 Å². The average Bonchev–Trinajstić information content (AvgIpc) is 2.69. The lowest BCUT2D eigenvalue weighted by Gasteiger charge is -2.31. The predicted octanol–water partition coefficient (Wildman–Crippen LogP) is 5.60. The highest BCUT2D eigenvalue weighted by molar-refractivity contribution is 9.10. The van der Waals surface area contributed by atoms with Crippen LogP contribution in [0.15, 0.2) is 46.9 Å². The molecule has 2 rings (SSSR count). The predicted molar refractivity (Wildman–Crippen MR) is 133 cm³/mol. The lowest BCUT2D eigenvalue weighted by molar-refractivity contribution is -0.142. The highest BCUT2D eigenvalue weighted by Crippen LogP contribution is 2.31. The van der Waals surface area contributed by atoms with E-state index < -0.39 is 23.3 Å². The summed E-state index contributed by atoms with van der Waals surface area (Å²) in [5.41, 5.74) is 0.969. The molecule has 0 saturated carbocycles. The van der Waals surface area contributed by atoms with Crippen molar-refractivity contribution in [3.05, 3.63) is 63.9 Å². The summed E-state index contributed by atoms with van der Waals surface area (Å²) in [7, 11) is 0. The molecule has 2 aromatic rings. The van der Waals surface area contributed by atoms with Gasteiger partial charge in [-0.05, 0) is 72.8 Å². The van der Waals surface area contributed by atoms with Crippen LogP contribution in [0.3, 0.4) is 0 Å². The standard InChI is InChI=1S/C26H34BrFN2O3/c1-17(24(32)29-26(5,6)7)30(15-18-10-8-9-11-21(18)28)23(31)16-33-22-13-12-19(14-20(22)27)25(2,3)4/h8-14,17H,15-16H2,1-7H3,(H,29,32)/t17-/m1/s1. The minimum atomic E-state index is -0.813. The lowest BCUT2D eigenvalue weighted by atomic mass is 9.87. The Morgan fingerprint density at radius 2 is 1.73 bits per heavy atom. The molecular formula is C26H34BrFN2O3. The van der Waals surface area contributed by atoms with Gasteiger partial charge >= 0.3 is 0 Å². The lowest BCUT2D eigenvalue weighted by Crippen LogP contribution is -2.53. The number of carbonyl (C=O) groups is 2. The van der Waals surface area contributed by atoms with Crippen LogP contribution in [0.5, 0.6) is 5.75 Å². The fourth-order valence-corrected chi connectivity index (χ4v) is 3.67. The summed E-state index contributed by atoms with van der Waals surface area (Å²) in [6.07, 6.45) is 0. The van der Waals surface area contributed by atoms with E-state index in [4.69, 9.17) is 4.74 Å². The number of halogens is 2. The Balaban J connectivity index is 2.22. The maximum absolute atomic E-state index is 14.3. The number of benzene rings is 2. The summed E-state index contributed by atoms with van der Waals surface area (Å²) in [4.78, 5) is 27.3. The first-order valence-electron chi connectivity index (χ1n) is 11.0. The van der Waals surface area contributed by atoms with Gasteiger partial charge in [-0.3, -0.25) is 9.59 Å². The Morgan fingerprint density at radius 3 is 2.27 bits per heavy atom. The first kappa shape index (κ1) is 26.8. The Labute approximate surface area is 204 Å². The monoisotopic (exact) mass is 520 g/mol. The zero-order chi connectivity index (χ0) is 25.0. The van der Waals surface area contributed by atoms with Crippen molar-refractivity contribution in [2.45, 2.75) is 72.0 Å². The van der Waals surface area contributed by atoms with Gasteiger partial charge in [-0.15, -0.1) is 0 Å². The Kier molecular flexibility index (Phi) is 8.69. The van der Waals surface area contributed by atoms with Gasteiger partial charge in [-0.1, -0.05) is 45.0 Å². The van der Waals surface area contributed by atoms with Gasteiger partial charge in [-0.25, -0.2) is 4.39 Å². The van der Waals surface area contributed by atoms with Crippen molar-refractivity contribution in [3.63, 3.8) is 0 Å². The second kappa shape index (κ2) is 10.7. The molecule has 33 heavy (non-hydrogen) atoms. The van der Waals surface area contributed by atoms with Crippen LogP contribution < -0.4 is 10.1 Å². The van der Waals surface area contributed by atoms with Crippen molar-refractivity contribution < 1.29 is 18.7 Å². The van der Waals surface area contributed by atoms with Crippen LogP contribution in [0.1, 0.15) is 59.6 Å². The van der Waals surface area contributed by atoms with Gasteiger partial charge in [0.25, 0.3) is 5.91 Å². The van der Waals surface area contributed by atoms with Crippen molar-refractivity contribution >= 4 is 27.7 Å². The fraction of sp³-hybridized carbons (Fsp3) is 0.462. The van der Waals surface area contributed by atoms with Crippen LogP contribution in [0, 0.1) is 5.82 Å². The first-order valence-corrected chi connectivity index (χ1v) is 11.8. The van der Waals surface area contributed by atoms with Crippen molar-refractivity contribution in [1.29, 1.82) is 0 Å². The highest BCUT2D eigenvalue weighted by Gasteiger charge is 2.29. The van der Waals surface area contributed by atoms with Gasteiger partial charge < -0.3 is 15.0 Å². The van der Waals surface area contributed by atoms with Gasteiger partial charge in [-0.2, -0.15) is 0 Å². The Morgan fingerprint density at radius 1 is 1.09 bits per heavy atom. The van der Waals surface area contributed by atoms with E-state index in [1.54, 1.807) is 25.1 Å². The van der Waals surface area contributed by atoms with E-state index in [1.807, 2.05) is 39.0 Å². The van der Waals surface area contributed by atoms with Crippen LogP contribution in [0.4, 0.5) is 4.39 Å². The number of hydrogen-bond donors (Lipinski definition) is 1. The van der Waals surface area contributed by atoms with Gasteiger partial charge in [0, 0.05) is 17.6 Å². The smallest absolute Gasteiger partial charge is 0.261 e. The molecule has 0 aliphatic carbocycles. The molecule has 1 atom stereocenters. The van der Waals surface area contributed by atoms with E-state index in [1.165, 1.54) is 11.0 Å². The van der Waals surface area contributed by atoms with Crippen molar-refractivity contribution in [3.8, 4) is 5.75 Å². The molecule has 0 fully saturated rings. The molecule has 0 bridgehead atoms. The molecule has 7 heteroatoms. The van der Waals surface area contributed by atoms with Crippen LogP contribution in [-0.2, 0) is 21.5 Å². The minimum Gasteiger partial charge on any atom is -0.483 e. The van der Waals surface area contributed by atoms with Crippen LogP contribution in [-0.4, -0.2) is 34.9 Å². The highest BCUT2D eigenvalue weighted by atomic mass is 79.9. The van der Waals surface area contributed by atoms with E-state index in [0.717, 1.165) is 10.0 Å². The summed E-state index contributed by atoms with van der Waals surface area (Å²) in [5.74, 6) is -0.640. The molecule has 2 aromatic carbocycles. The number of nitrogens with one attached hydrogen (secondary N) is 1. The third kappa shape index (κ3) is 7.84. The molecule has 0 aliphatic heterocycles. The second-order valence-electron chi connectivity index (χ2n) is 10.2. The van der Waals surface area contributed by atoms with Crippen LogP contribution in [0.2, 0.25) is 0 Å². The van der Waals surface area contributed by atoms with Crippen molar-refractivity contribution in [1.82, 2.24) is 10.2 Å². The van der Waals surface area contributed by atoms with Crippen molar-refractivity contribution in [2.75, 3.05) is 6.61 Å². The molecule has 0 unspecified atom stereocenters. The Hall–Kier alpha value is -2.41. The largest absolute Gasteiger partial charge is 0.483 e. The molecule has 0 radical (unpaired) electrons. The summed E-state index contributed by atoms with van der Waals surface area (Å²) >= 11 is 3.51. The summed E-state index contributed by atoms with van der Waals surface area (Å²) in [6.45, 7) is 13.2. The topological polar surface area (TPSA) is 58.6 Å². The molecule has 0 saturated heterocycles. The first-order chi connectivity index (χ1) is 15.2. The van der Waals surface area contributed by atoms with Gasteiger partial charge in [0.1, 0.15) is 17.6 Å². The molecular weight excluding hydrogens is 487 g/mol. The number of hydrogen-bond acceptors (Lipinski definition) is 3. The maximum Gasteiger partial charge on any atom is 0.261 e. The number of amides is 2. The van der Waals surface area contributed by atoms with E-state index in [2.05, 4.69) is 42.0 Å². The van der Waals surface area contributed by atoms with E-state index in [0.29, 0.717) is 11.3 Å². The molecule has 180 valence electrons. The molecule has 1 N–H and O–H groups in total. The van der Waals surface area contributed by atoms with E-state index in [-0.39, 0.29) is 24.5 Å². The molecule has 0 spiro atoms. The molecule has 0 heterocycles. The minimum absolute atomic E-state index is 0.0245. The summed E-state index contributed by atoms with van der Waals surface area (Å²) < 4.78 is 20.8. The third-order valence-electron chi connectivity index (χ3n) is 5.11. The maximum atomic E-state index is 14.3. The summed E-state index contributed by atoms with van der Waals surface area (Å²) in [5, 5.41) is 2.88. The SMILES string of the molecule is C[C@H](C(=O)NC(C)(C)C)N(Cc1ccccc1F)C(=O)COc1ccc(C(C)(C)C)cc1Br. The number of ether oxygens (including phenoxy) is 1. The van der Waals surface area contributed by atoms with E-state index in [9.17, 15) is 14.0 Å².